The van der Waals surface area contributed by atoms with E-state index in [4.69, 9.17) is 4.74 Å². The van der Waals surface area contributed by atoms with E-state index in [-0.39, 0.29) is 12.5 Å². The number of aromatic nitrogens is 2. The summed E-state index contributed by atoms with van der Waals surface area (Å²) >= 11 is 0. The number of likely N-dealkylation sites (N-methyl/N-ethyl adjacent to an activating group) is 1. The fraction of sp³-hybridized carbons (Fsp3) is 0.286. The van der Waals surface area contributed by atoms with Crippen molar-refractivity contribution >= 4 is 11.7 Å². The van der Waals surface area contributed by atoms with Crippen molar-refractivity contribution in [3.63, 3.8) is 0 Å². The van der Waals surface area contributed by atoms with E-state index in [1.54, 1.807) is 13.1 Å². The number of hydrogen-bond donors (Lipinski definition) is 0. The van der Waals surface area contributed by atoms with Gasteiger partial charge in [-0.15, -0.1) is 5.10 Å². The lowest BCUT2D eigenvalue weighted by Crippen LogP contribution is -2.36. The minimum absolute atomic E-state index is 0.0786. The van der Waals surface area contributed by atoms with Gasteiger partial charge in [-0.05, 0) is 0 Å². The maximum Gasteiger partial charge on any atom is 0.265 e. The Labute approximate surface area is 69.0 Å². The van der Waals surface area contributed by atoms with E-state index < -0.39 is 0 Å². The van der Waals surface area contributed by atoms with E-state index in [0.717, 1.165) is 0 Å². The largest absolute Gasteiger partial charge is 0.480 e. The third-order valence-corrected chi connectivity index (χ3v) is 1.71. The van der Waals surface area contributed by atoms with Crippen LogP contribution in [0.1, 0.15) is 0 Å². The van der Waals surface area contributed by atoms with Crippen LogP contribution in [-0.2, 0) is 4.79 Å². The molecule has 2 rings (SSSR count). The van der Waals surface area contributed by atoms with Gasteiger partial charge in [0.2, 0.25) is 0 Å². The number of anilines is 1. The van der Waals surface area contributed by atoms with E-state index >= 15 is 0 Å². The van der Waals surface area contributed by atoms with E-state index in [2.05, 4.69) is 10.2 Å². The van der Waals surface area contributed by atoms with Crippen LogP contribution in [0.25, 0.3) is 0 Å². The number of rotatable bonds is 0. The minimum atomic E-state index is -0.108. The Balaban J connectivity index is 2.48. The molecule has 1 aliphatic heterocycles. The molecule has 1 aliphatic rings. The van der Waals surface area contributed by atoms with Crippen molar-refractivity contribution < 1.29 is 9.53 Å². The second kappa shape index (κ2) is 2.44. The van der Waals surface area contributed by atoms with Gasteiger partial charge in [0.25, 0.3) is 5.91 Å². The lowest BCUT2D eigenvalue weighted by atomic mass is 10.4. The highest BCUT2D eigenvalue weighted by Crippen LogP contribution is 2.26. The van der Waals surface area contributed by atoms with Crippen LogP contribution >= 0.6 is 0 Å². The smallest absolute Gasteiger partial charge is 0.265 e. The molecule has 5 nitrogen and oxygen atoms in total. The fourth-order valence-electron chi connectivity index (χ4n) is 1.01. The van der Waals surface area contributed by atoms with Gasteiger partial charge in [-0.2, -0.15) is 5.10 Å². The fourth-order valence-corrected chi connectivity index (χ4v) is 1.01. The third kappa shape index (κ3) is 0.903. The number of amides is 1. The molecule has 5 heteroatoms. The topological polar surface area (TPSA) is 55.3 Å². The van der Waals surface area contributed by atoms with Crippen LogP contribution in [-0.4, -0.2) is 29.8 Å². The van der Waals surface area contributed by atoms with Gasteiger partial charge in [0.15, 0.2) is 18.2 Å². The van der Waals surface area contributed by atoms with Crippen LogP contribution in [0.4, 0.5) is 5.82 Å². The molecule has 0 aliphatic carbocycles. The number of carbonyl (C=O) groups is 1. The van der Waals surface area contributed by atoms with Gasteiger partial charge in [-0.1, -0.05) is 0 Å². The predicted molar refractivity (Wildman–Crippen MR) is 40.9 cm³/mol. The molecular formula is C7H7N3O2. The summed E-state index contributed by atoms with van der Waals surface area (Å²) < 4.78 is 5.11. The Hall–Kier alpha value is -1.65. The van der Waals surface area contributed by atoms with Crippen LogP contribution < -0.4 is 9.64 Å². The first-order valence-electron chi connectivity index (χ1n) is 3.50. The third-order valence-electron chi connectivity index (χ3n) is 1.71. The molecule has 0 atom stereocenters. The molecule has 0 saturated heterocycles. The summed E-state index contributed by atoms with van der Waals surface area (Å²) in [5.41, 5.74) is 0. The monoisotopic (exact) mass is 165 g/mol. The Bertz CT molecular complexity index is 326. The van der Waals surface area contributed by atoms with Gasteiger partial charge >= 0.3 is 0 Å². The summed E-state index contributed by atoms with van der Waals surface area (Å²) in [7, 11) is 1.65. The zero-order chi connectivity index (χ0) is 8.55. The highest BCUT2D eigenvalue weighted by atomic mass is 16.5. The highest BCUT2D eigenvalue weighted by molar-refractivity contribution is 5.95. The maximum atomic E-state index is 11.1. The minimum Gasteiger partial charge on any atom is -0.480 e. The molecule has 2 heterocycles. The molecule has 0 saturated carbocycles. The van der Waals surface area contributed by atoms with E-state index in [1.165, 1.54) is 11.1 Å². The van der Waals surface area contributed by atoms with Crippen LogP contribution in [0.5, 0.6) is 5.75 Å². The lowest BCUT2D eigenvalue weighted by Gasteiger charge is -2.23. The van der Waals surface area contributed by atoms with Crippen molar-refractivity contribution in [3.05, 3.63) is 12.3 Å². The van der Waals surface area contributed by atoms with Crippen LogP contribution in [0.2, 0.25) is 0 Å². The van der Waals surface area contributed by atoms with Crippen molar-refractivity contribution in [2.45, 2.75) is 0 Å². The van der Waals surface area contributed by atoms with E-state index in [0.29, 0.717) is 11.6 Å². The number of ether oxygens (including phenoxy) is 1. The number of nitrogens with zero attached hydrogens (tertiary/aromatic N) is 3. The maximum absolute atomic E-state index is 11.1. The Morgan fingerprint density at radius 1 is 1.67 bits per heavy atom. The van der Waals surface area contributed by atoms with Crippen molar-refractivity contribution in [2.24, 2.45) is 0 Å². The van der Waals surface area contributed by atoms with Crippen molar-refractivity contribution in [1.29, 1.82) is 0 Å². The summed E-state index contributed by atoms with van der Waals surface area (Å²) in [4.78, 5) is 12.5. The summed E-state index contributed by atoms with van der Waals surface area (Å²) in [5, 5.41) is 7.44. The van der Waals surface area contributed by atoms with Gasteiger partial charge in [0.1, 0.15) is 0 Å². The van der Waals surface area contributed by atoms with Crippen LogP contribution in [0.3, 0.4) is 0 Å². The van der Waals surface area contributed by atoms with Gasteiger partial charge in [-0.25, -0.2) is 0 Å². The van der Waals surface area contributed by atoms with Crippen LogP contribution in [0.15, 0.2) is 12.3 Å². The first-order chi connectivity index (χ1) is 5.79. The van der Waals surface area contributed by atoms with Gasteiger partial charge in [0.05, 0.1) is 6.20 Å². The van der Waals surface area contributed by atoms with Gasteiger partial charge in [0, 0.05) is 13.1 Å². The SMILES string of the molecule is CN1C(=O)COc2ccnnc21. The molecule has 0 unspecified atom stereocenters. The van der Waals surface area contributed by atoms with Crippen molar-refractivity contribution in [2.75, 3.05) is 18.6 Å². The second-order valence-electron chi connectivity index (χ2n) is 2.46. The molecule has 1 amide bonds. The molecule has 0 N–H and O–H groups in total. The average Bonchev–Trinajstić information content (AvgIpc) is 2.12. The quantitative estimate of drug-likeness (QED) is 0.535. The lowest BCUT2D eigenvalue weighted by molar-refractivity contribution is -0.121. The highest BCUT2D eigenvalue weighted by Gasteiger charge is 2.23. The summed E-state index contributed by atoms with van der Waals surface area (Å²) in [5.74, 6) is 0.976. The van der Waals surface area contributed by atoms with Crippen LogP contribution in [0, 0.1) is 0 Å². The Morgan fingerprint density at radius 3 is 3.33 bits per heavy atom. The molecular weight excluding hydrogens is 158 g/mol. The average molecular weight is 165 g/mol. The molecule has 0 radical (unpaired) electrons. The Kier molecular flexibility index (Phi) is 1.43. The van der Waals surface area contributed by atoms with Gasteiger partial charge in [-0.3, -0.25) is 9.69 Å². The number of hydrogen-bond acceptors (Lipinski definition) is 4. The molecule has 1 aromatic rings. The summed E-state index contributed by atoms with van der Waals surface area (Å²) in [6.07, 6.45) is 1.53. The first kappa shape index (κ1) is 7.02. The second-order valence-corrected chi connectivity index (χ2v) is 2.46. The van der Waals surface area contributed by atoms with E-state index in [1.807, 2.05) is 0 Å². The molecule has 1 aromatic heterocycles. The molecule has 12 heavy (non-hydrogen) atoms. The molecule has 0 aromatic carbocycles. The summed E-state index contributed by atoms with van der Waals surface area (Å²) in [6.45, 7) is 0.0786. The first-order valence-corrected chi connectivity index (χ1v) is 3.50. The molecule has 0 bridgehead atoms. The molecule has 0 spiro atoms. The Morgan fingerprint density at radius 2 is 2.50 bits per heavy atom. The normalized spacial score (nSPS) is 15.4. The standard InChI is InChI=1S/C7H7N3O2/c1-10-6(11)4-12-5-2-3-8-9-7(5)10/h2-3H,4H2,1H3. The number of carbonyl (C=O) groups excluding carboxylic acids is 1. The van der Waals surface area contributed by atoms with E-state index in [9.17, 15) is 4.79 Å². The zero-order valence-corrected chi connectivity index (χ0v) is 6.52. The van der Waals surface area contributed by atoms with Crippen molar-refractivity contribution in [1.82, 2.24) is 10.2 Å². The zero-order valence-electron chi connectivity index (χ0n) is 6.52. The summed E-state index contributed by atoms with van der Waals surface area (Å²) in [6, 6.07) is 1.69. The predicted octanol–water partition coefficient (Wildman–Crippen LogP) is -0.168. The van der Waals surface area contributed by atoms with Crippen molar-refractivity contribution in [3.8, 4) is 5.75 Å². The molecule has 62 valence electrons. The number of fused-ring (bicyclic) bond motifs is 1. The molecule has 0 fully saturated rings. The van der Waals surface area contributed by atoms with Gasteiger partial charge < -0.3 is 4.74 Å².